The third-order valence-corrected chi connectivity index (χ3v) is 4.96. The lowest BCUT2D eigenvalue weighted by molar-refractivity contribution is -0.0182. The molecule has 3 aromatic rings. The maximum absolute atomic E-state index is 13.4. The number of nitrogens with one attached hydrogen (secondary N) is 1. The Labute approximate surface area is 164 Å². The van der Waals surface area contributed by atoms with E-state index in [-0.39, 0.29) is 11.9 Å². The predicted molar refractivity (Wildman–Crippen MR) is 108 cm³/mol. The molecular weight excluding hydrogens is 355 g/mol. The average Bonchev–Trinajstić information content (AvgIpc) is 3.13. The summed E-state index contributed by atoms with van der Waals surface area (Å²) in [6.07, 6.45) is 2.23. The lowest BCUT2D eigenvalue weighted by Gasteiger charge is -2.30. The summed E-state index contributed by atoms with van der Waals surface area (Å²) in [5.74, 6) is -0.246. The Balaban J connectivity index is 1.54. The Morgan fingerprint density at radius 2 is 1.93 bits per heavy atom. The summed E-state index contributed by atoms with van der Waals surface area (Å²) in [6, 6.07) is 16.5. The van der Waals surface area contributed by atoms with Crippen molar-refractivity contribution >= 4 is 0 Å². The summed E-state index contributed by atoms with van der Waals surface area (Å²) < 4.78 is 21.1. The molecule has 28 heavy (non-hydrogen) atoms. The number of hydrogen-bond acceptors (Lipinski definition) is 4. The highest BCUT2D eigenvalue weighted by Crippen LogP contribution is 2.24. The zero-order chi connectivity index (χ0) is 19.3. The average molecular weight is 380 g/mol. The molecule has 1 aliphatic rings. The second-order valence-corrected chi connectivity index (χ2v) is 7.18. The number of likely N-dealkylation sites (N-methyl/N-ethyl adjacent to an activating group) is 1. The molecule has 0 bridgehead atoms. The first-order valence-electron chi connectivity index (χ1n) is 9.60. The highest BCUT2D eigenvalue weighted by molar-refractivity contribution is 5.63. The molecule has 1 fully saturated rings. The summed E-state index contributed by atoms with van der Waals surface area (Å²) in [4.78, 5) is 2.28. The van der Waals surface area contributed by atoms with Gasteiger partial charge in [0.2, 0.25) is 0 Å². The number of halogens is 1. The van der Waals surface area contributed by atoms with E-state index >= 15 is 0 Å². The van der Waals surface area contributed by atoms with Gasteiger partial charge in [0.1, 0.15) is 5.82 Å². The van der Waals surface area contributed by atoms with Crippen LogP contribution in [-0.4, -0.2) is 54.1 Å². The van der Waals surface area contributed by atoms with Crippen LogP contribution < -0.4 is 5.32 Å². The summed E-state index contributed by atoms with van der Waals surface area (Å²) in [6.45, 7) is 4.14. The van der Waals surface area contributed by atoms with E-state index in [1.54, 1.807) is 12.1 Å². The molecular formula is C22H25FN4O. The number of nitrogens with zero attached hydrogens (tertiary/aromatic N) is 3. The van der Waals surface area contributed by atoms with Crippen LogP contribution in [-0.2, 0) is 11.3 Å². The number of benzene rings is 2. The van der Waals surface area contributed by atoms with Crippen LogP contribution in [0.4, 0.5) is 4.39 Å². The van der Waals surface area contributed by atoms with E-state index in [0.717, 1.165) is 48.7 Å². The second-order valence-electron chi connectivity index (χ2n) is 7.18. The molecule has 0 radical (unpaired) electrons. The van der Waals surface area contributed by atoms with Gasteiger partial charge in [-0.05, 0) is 43.4 Å². The fourth-order valence-electron chi connectivity index (χ4n) is 3.46. The van der Waals surface area contributed by atoms with Crippen molar-refractivity contribution in [2.45, 2.75) is 12.6 Å². The molecule has 6 heteroatoms. The molecule has 1 N–H and O–H groups in total. The predicted octanol–water partition coefficient (Wildman–Crippen LogP) is 3.10. The molecule has 1 aromatic heterocycles. The first-order valence-corrected chi connectivity index (χ1v) is 9.60. The van der Waals surface area contributed by atoms with Crippen LogP contribution in [0, 0.1) is 5.82 Å². The van der Waals surface area contributed by atoms with E-state index in [1.165, 1.54) is 12.1 Å². The van der Waals surface area contributed by atoms with E-state index < -0.39 is 0 Å². The van der Waals surface area contributed by atoms with Crippen LogP contribution in [0.5, 0.6) is 0 Å². The monoisotopic (exact) mass is 380 g/mol. The van der Waals surface area contributed by atoms with E-state index in [0.29, 0.717) is 6.54 Å². The molecule has 4 rings (SSSR count). The molecule has 0 saturated carbocycles. The zero-order valence-corrected chi connectivity index (χ0v) is 16.0. The van der Waals surface area contributed by atoms with Gasteiger partial charge in [-0.2, -0.15) is 5.10 Å². The van der Waals surface area contributed by atoms with Gasteiger partial charge in [0, 0.05) is 43.5 Å². The normalized spacial score (nSPS) is 17.7. The fourth-order valence-corrected chi connectivity index (χ4v) is 3.46. The minimum absolute atomic E-state index is 0.192. The van der Waals surface area contributed by atoms with Crippen LogP contribution in [0.15, 0.2) is 60.8 Å². The smallest absolute Gasteiger partial charge is 0.123 e. The van der Waals surface area contributed by atoms with Gasteiger partial charge in [-0.1, -0.05) is 18.2 Å². The Kier molecular flexibility index (Phi) is 5.81. The van der Waals surface area contributed by atoms with Crippen molar-refractivity contribution in [1.82, 2.24) is 20.0 Å². The standard InChI is InChI=1S/C22H25FN4O/c1-26-11-12-28-21(16-26)14-24-13-18-15-27(20-5-3-2-4-6-20)25-22(18)17-7-9-19(23)10-8-17/h2-10,15,21,24H,11-14,16H2,1H3. The Morgan fingerprint density at radius 1 is 1.14 bits per heavy atom. The molecule has 1 saturated heterocycles. The summed E-state index contributed by atoms with van der Waals surface area (Å²) in [7, 11) is 2.12. The van der Waals surface area contributed by atoms with Crippen molar-refractivity contribution < 1.29 is 9.13 Å². The molecule has 0 spiro atoms. The first-order chi connectivity index (χ1) is 13.7. The van der Waals surface area contributed by atoms with Crippen LogP contribution in [0.25, 0.3) is 16.9 Å². The molecule has 1 unspecified atom stereocenters. The molecule has 146 valence electrons. The van der Waals surface area contributed by atoms with Crippen molar-refractivity contribution in [2.24, 2.45) is 0 Å². The fraction of sp³-hybridized carbons (Fsp3) is 0.318. The minimum atomic E-state index is -0.246. The van der Waals surface area contributed by atoms with Crippen molar-refractivity contribution in [1.29, 1.82) is 0 Å². The highest BCUT2D eigenvalue weighted by atomic mass is 19.1. The minimum Gasteiger partial charge on any atom is -0.374 e. The van der Waals surface area contributed by atoms with E-state index in [2.05, 4.69) is 17.3 Å². The number of hydrogen-bond donors (Lipinski definition) is 1. The Bertz CT molecular complexity index is 895. The summed E-state index contributed by atoms with van der Waals surface area (Å²) in [5.41, 5.74) is 3.83. The van der Waals surface area contributed by atoms with E-state index in [4.69, 9.17) is 9.84 Å². The number of rotatable bonds is 6. The third-order valence-electron chi connectivity index (χ3n) is 4.96. The zero-order valence-electron chi connectivity index (χ0n) is 16.0. The van der Waals surface area contributed by atoms with E-state index in [9.17, 15) is 4.39 Å². The van der Waals surface area contributed by atoms with Crippen LogP contribution in [0.3, 0.4) is 0 Å². The van der Waals surface area contributed by atoms with Crippen molar-refractivity contribution in [2.75, 3.05) is 33.3 Å². The molecule has 0 aliphatic carbocycles. The molecule has 5 nitrogen and oxygen atoms in total. The van der Waals surface area contributed by atoms with Gasteiger partial charge in [-0.3, -0.25) is 0 Å². The van der Waals surface area contributed by atoms with Crippen molar-refractivity contribution in [3.05, 3.63) is 72.2 Å². The Hall–Kier alpha value is -2.54. The number of aromatic nitrogens is 2. The topological polar surface area (TPSA) is 42.3 Å². The second kappa shape index (κ2) is 8.65. The highest BCUT2D eigenvalue weighted by Gasteiger charge is 2.18. The Morgan fingerprint density at radius 3 is 2.68 bits per heavy atom. The van der Waals surface area contributed by atoms with Crippen LogP contribution >= 0.6 is 0 Å². The summed E-state index contributed by atoms with van der Waals surface area (Å²) in [5, 5.41) is 8.27. The largest absolute Gasteiger partial charge is 0.374 e. The van der Waals surface area contributed by atoms with E-state index in [1.807, 2.05) is 41.2 Å². The quantitative estimate of drug-likeness (QED) is 0.714. The maximum Gasteiger partial charge on any atom is 0.123 e. The molecule has 0 amide bonds. The van der Waals surface area contributed by atoms with Gasteiger partial charge >= 0.3 is 0 Å². The first kappa shape index (κ1) is 18.8. The molecule has 2 heterocycles. The molecule has 1 aliphatic heterocycles. The lowest BCUT2D eigenvalue weighted by Crippen LogP contribution is -2.44. The van der Waals surface area contributed by atoms with Gasteiger partial charge in [-0.25, -0.2) is 9.07 Å². The summed E-state index contributed by atoms with van der Waals surface area (Å²) >= 11 is 0. The van der Waals surface area contributed by atoms with Crippen molar-refractivity contribution in [3.8, 4) is 16.9 Å². The SMILES string of the molecule is CN1CCOC(CNCc2cn(-c3ccccc3)nc2-c2ccc(F)cc2)C1. The van der Waals surface area contributed by atoms with Crippen LogP contribution in [0.2, 0.25) is 0 Å². The van der Waals surface area contributed by atoms with Gasteiger partial charge in [0.05, 0.1) is 24.1 Å². The lowest BCUT2D eigenvalue weighted by atomic mass is 10.1. The van der Waals surface area contributed by atoms with Gasteiger partial charge in [0.15, 0.2) is 0 Å². The van der Waals surface area contributed by atoms with Gasteiger partial charge in [0.25, 0.3) is 0 Å². The molecule has 2 aromatic carbocycles. The maximum atomic E-state index is 13.4. The van der Waals surface area contributed by atoms with Gasteiger partial charge < -0.3 is 15.0 Å². The van der Waals surface area contributed by atoms with Gasteiger partial charge in [-0.15, -0.1) is 0 Å². The number of para-hydroxylation sites is 1. The van der Waals surface area contributed by atoms with Crippen LogP contribution in [0.1, 0.15) is 5.56 Å². The molecule has 1 atom stereocenters. The number of ether oxygens (including phenoxy) is 1. The third kappa shape index (κ3) is 4.47. The number of morpholine rings is 1. The van der Waals surface area contributed by atoms with Crippen molar-refractivity contribution in [3.63, 3.8) is 0 Å².